The summed E-state index contributed by atoms with van der Waals surface area (Å²) in [6.45, 7) is 1.42. The standard InChI is InChI=1S/C12H13NO2/c13-6-1-3-10-4-5-11-12(9-10)15-8-2-7-14-11/h4-5,9H,1-3,7-8H2. The van der Waals surface area contributed by atoms with E-state index in [4.69, 9.17) is 14.7 Å². The van der Waals surface area contributed by atoms with Gasteiger partial charge in [-0.1, -0.05) is 6.07 Å². The third kappa shape index (κ3) is 2.41. The van der Waals surface area contributed by atoms with Gasteiger partial charge < -0.3 is 9.47 Å². The summed E-state index contributed by atoms with van der Waals surface area (Å²) in [6.07, 6.45) is 2.23. The fraction of sp³-hybridized carbons (Fsp3) is 0.417. The number of fused-ring (bicyclic) bond motifs is 1. The first-order valence-electron chi connectivity index (χ1n) is 5.15. The molecule has 1 aromatic rings. The summed E-state index contributed by atoms with van der Waals surface area (Å²) in [4.78, 5) is 0. The third-order valence-electron chi connectivity index (χ3n) is 2.34. The lowest BCUT2D eigenvalue weighted by molar-refractivity contribution is 0.297. The Labute approximate surface area is 89.2 Å². The summed E-state index contributed by atoms with van der Waals surface area (Å²) < 4.78 is 11.1. The van der Waals surface area contributed by atoms with Crippen molar-refractivity contribution in [2.45, 2.75) is 19.3 Å². The molecular formula is C12H13NO2. The highest BCUT2D eigenvalue weighted by Crippen LogP contribution is 2.30. The number of rotatable bonds is 2. The summed E-state index contributed by atoms with van der Waals surface area (Å²) in [6, 6.07) is 8.02. The van der Waals surface area contributed by atoms with Crippen LogP contribution >= 0.6 is 0 Å². The van der Waals surface area contributed by atoms with Gasteiger partial charge in [0, 0.05) is 12.8 Å². The predicted molar refractivity (Wildman–Crippen MR) is 56.0 cm³/mol. The number of benzene rings is 1. The molecule has 0 bridgehead atoms. The van der Waals surface area contributed by atoms with Crippen molar-refractivity contribution in [3.63, 3.8) is 0 Å². The van der Waals surface area contributed by atoms with Gasteiger partial charge in [-0.15, -0.1) is 0 Å². The zero-order chi connectivity index (χ0) is 10.5. The minimum absolute atomic E-state index is 0.541. The first-order chi connectivity index (χ1) is 7.40. The van der Waals surface area contributed by atoms with E-state index < -0.39 is 0 Å². The summed E-state index contributed by atoms with van der Waals surface area (Å²) in [5.74, 6) is 1.62. The number of nitrogens with zero attached hydrogens (tertiary/aromatic N) is 1. The zero-order valence-corrected chi connectivity index (χ0v) is 8.53. The maximum absolute atomic E-state index is 8.51. The van der Waals surface area contributed by atoms with Gasteiger partial charge in [0.05, 0.1) is 19.3 Å². The number of hydrogen-bond donors (Lipinski definition) is 0. The molecule has 0 amide bonds. The molecule has 0 saturated carbocycles. The monoisotopic (exact) mass is 203 g/mol. The molecule has 3 nitrogen and oxygen atoms in total. The molecular weight excluding hydrogens is 190 g/mol. The van der Waals surface area contributed by atoms with Crippen LogP contribution in [0.4, 0.5) is 0 Å². The molecule has 1 aliphatic rings. The van der Waals surface area contributed by atoms with Crippen LogP contribution in [-0.4, -0.2) is 13.2 Å². The topological polar surface area (TPSA) is 42.2 Å². The lowest BCUT2D eigenvalue weighted by atomic mass is 10.1. The van der Waals surface area contributed by atoms with E-state index in [0.29, 0.717) is 19.6 Å². The minimum atomic E-state index is 0.541. The second-order valence-electron chi connectivity index (χ2n) is 3.49. The van der Waals surface area contributed by atoms with E-state index in [1.165, 1.54) is 0 Å². The van der Waals surface area contributed by atoms with Crippen molar-refractivity contribution in [2.75, 3.05) is 13.2 Å². The molecule has 0 atom stereocenters. The molecule has 0 aliphatic carbocycles. The molecule has 1 heterocycles. The predicted octanol–water partition coefficient (Wildman–Crippen LogP) is 2.30. The largest absolute Gasteiger partial charge is 0.490 e. The van der Waals surface area contributed by atoms with Gasteiger partial charge in [-0.25, -0.2) is 0 Å². The Balaban J connectivity index is 2.17. The SMILES string of the molecule is N#CCCc1ccc2c(c1)OCCCO2. The Bertz CT molecular complexity index is 382. The van der Waals surface area contributed by atoms with Crippen LogP contribution in [0.3, 0.4) is 0 Å². The van der Waals surface area contributed by atoms with Gasteiger partial charge >= 0.3 is 0 Å². The molecule has 0 unspecified atom stereocenters. The summed E-state index contributed by atoms with van der Waals surface area (Å²) >= 11 is 0. The van der Waals surface area contributed by atoms with Crippen molar-refractivity contribution < 1.29 is 9.47 Å². The Kier molecular flexibility index (Phi) is 3.08. The van der Waals surface area contributed by atoms with Crippen LogP contribution in [0, 0.1) is 11.3 Å². The van der Waals surface area contributed by atoms with Gasteiger partial charge in [-0.05, 0) is 24.1 Å². The van der Waals surface area contributed by atoms with Crippen molar-refractivity contribution in [3.8, 4) is 17.6 Å². The quantitative estimate of drug-likeness (QED) is 0.740. The molecule has 0 fully saturated rings. The average molecular weight is 203 g/mol. The first-order valence-corrected chi connectivity index (χ1v) is 5.15. The fourth-order valence-electron chi connectivity index (χ4n) is 1.56. The van der Waals surface area contributed by atoms with E-state index in [9.17, 15) is 0 Å². The number of ether oxygens (including phenoxy) is 2. The van der Waals surface area contributed by atoms with Gasteiger partial charge in [-0.2, -0.15) is 5.26 Å². The number of hydrogen-bond acceptors (Lipinski definition) is 3. The molecule has 0 saturated heterocycles. The molecule has 15 heavy (non-hydrogen) atoms. The maximum Gasteiger partial charge on any atom is 0.161 e. The van der Waals surface area contributed by atoms with E-state index in [0.717, 1.165) is 29.9 Å². The highest BCUT2D eigenvalue weighted by molar-refractivity contribution is 5.43. The molecule has 0 spiro atoms. The van der Waals surface area contributed by atoms with E-state index in [2.05, 4.69) is 6.07 Å². The van der Waals surface area contributed by atoms with Crippen LogP contribution in [0.2, 0.25) is 0 Å². The van der Waals surface area contributed by atoms with Crippen molar-refractivity contribution in [3.05, 3.63) is 23.8 Å². The Morgan fingerprint density at radius 3 is 2.80 bits per heavy atom. The molecule has 2 rings (SSSR count). The van der Waals surface area contributed by atoms with Crippen LogP contribution < -0.4 is 9.47 Å². The summed E-state index contributed by atoms with van der Waals surface area (Å²) in [7, 11) is 0. The third-order valence-corrected chi connectivity index (χ3v) is 2.34. The van der Waals surface area contributed by atoms with Crippen LogP contribution in [0.15, 0.2) is 18.2 Å². The van der Waals surface area contributed by atoms with Gasteiger partial charge in [0.25, 0.3) is 0 Å². The molecule has 1 aliphatic heterocycles. The second-order valence-corrected chi connectivity index (χ2v) is 3.49. The summed E-state index contributed by atoms with van der Waals surface area (Å²) in [5.41, 5.74) is 1.13. The Morgan fingerprint density at radius 1 is 1.20 bits per heavy atom. The molecule has 1 aromatic carbocycles. The van der Waals surface area contributed by atoms with E-state index in [-0.39, 0.29) is 0 Å². The Hall–Kier alpha value is -1.69. The number of nitriles is 1. The highest BCUT2D eigenvalue weighted by Gasteiger charge is 2.10. The van der Waals surface area contributed by atoms with Crippen molar-refractivity contribution in [1.82, 2.24) is 0 Å². The molecule has 0 N–H and O–H groups in total. The van der Waals surface area contributed by atoms with Gasteiger partial charge in [-0.3, -0.25) is 0 Å². The van der Waals surface area contributed by atoms with E-state index in [1.807, 2.05) is 18.2 Å². The number of aryl methyl sites for hydroxylation is 1. The Morgan fingerprint density at radius 2 is 2.00 bits per heavy atom. The second kappa shape index (κ2) is 4.70. The van der Waals surface area contributed by atoms with Gasteiger partial charge in [0.2, 0.25) is 0 Å². The van der Waals surface area contributed by atoms with Crippen molar-refractivity contribution in [2.24, 2.45) is 0 Å². The molecule has 78 valence electrons. The van der Waals surface area contributed by atoms with Gasteiger partial charge in [0.1, 0.15) is 0 Å². The van der Waals surface area contributed by atoms with Gasteiger partial charge in [0.15, 0.2) is 11.5 Å². The molecule has 0 radical (unpaired) electrons. The normalized spacial score (nSPS) is 14.1. The summed E-state index contributed by atoms with van der Waals surface area (Å²) in [5, 5.41) is 8.51. The van der Waals surface area contributed by atoms with Crippen LogP contribution in [0.5, 0.6) is 11.5 Å². The highest BCUT2D eigenvalue weighted by atomic mass is 16.5. The molecule has 0 aromatic heterocycles. The van der Waals surface area contributed by atoms with Crippen LogP contribution in [0.25, 0.3) is 0 Å². The van der Waals surface area contributed by atoms with Crippen molar-refractivity contribution in [1.29, 1.82) is 5.26 Å². The minimum Gasteiger partial charge on any atom is -0.490 e. The van der Waals surface area contributed by atoms with Crippen LogP contribution in [0.1, 0.15) is 18.4 Å². The van der Waals surface area contributed by atoms with E-state index >= 15 is 0 Å². The van der Waals surface area contributed by atoms with Crippen LogP contribution in [-0.2, 0) is 6.42 Å². The smallest absolute Gasteiger partial charge is 0.161 e. The van der Waals surface area contributed by atoms with Crippen molar-refractivity contribution >= 4 is 0 Å². The average Bonchev–Trinajstić information content (AvgIpc) is 2.50. The first kappa shape index (κ1) is 9.85. The molecule has 3 heteroatoms. The van der Waals surface area contributed by atoms with E-state index in [1.54, 1.807) is 0 Å². The lowest BCUT2D eigenvalue weighted by Crippen LogP contribution is -1.97. The fourth-order valence-corrected chi connectivity index (χ4v) is 1.56. The lowest BCUT2D eigenvalue weighted by Gasteiger charge is -2.08. The zero-order valence-electron chi connectivity index (χ0n) is 8.53. The maximum atomic E-state index is 8.51.